The highest BCUT2D eigenvalue weighted by molar-refractivity contribution is 6.04. The van der Waals surface area contributed by atoms with Crippen molar-refractivity contribution < 1.29 is 18.4 Å². The summed E-state index contributed by atoms with van der Waals surface area (Å²) >= 11 is 0. The van der Waals surface area contributed by atoms with Crippen LogP contribution in [-0.2, 0) is 11.3 Å². The van der Waals surface area contributed by atoms with E-state index in [4.69, 9.17) is 0 Å². The third-order valence-corrected chi connectivity index (χ3v) is 5.39. The molecule has 0 aliphatic carbocycles. The molecule has 0 aromatic heterocycles. The zero-order valence-electron chi connectivity index (χ0n) is 18.2. The van der Waals surface area contributed by atoms with Gasteiger partial charge in [-0.1, -0.05) is 48.5 Å². The molecule has 4 nitrogen and oxygen atoms in total. The van der Waals surface area contributed by atoms with E-state index in [0.717, 1.165) is 17.7 Å². The van der Waals surface area contributed by atoms with Crippen molar-refractivity contribution >= 4 is 11.8 Å². The van der Waals surface area contributed by atoms with E-state index in [1.807, 2.05) is 39.0 Å². The topological polar surface area (TPSA) is 49.4 Å². The Morgan fingerprint density at radius 3 is 2.28 bits per heavy atom. The molecule has 1 atom stereocenters. The molecular weight excluding hydrogens is 410 g/mol. The van der Waals surface area contributed by atoms with Crippen LogP contribution in [0.4, 0.5) is 8.78 Å². The summed E-state index contributed by atoms with van der Waals surface area (Å²) in [4.78, 5) is 28.0. The molecule has 0 bridgehead atoms. The minimum Gasteiger partial charge on any atom is -0.349 e. The van der Waals surface area contributed by atoms with Crippen molar-refractivity contribution in [3.8, 4) is 11.1 Å². The van der Waals surface area contributed by atoms with Gasteiger partial charge >= 0.3 is 0 Å². The smallest absolute Gasteiger partial charge is 0.255 e. The Morgan fingerprint density at radius 2 is 1.59 bits per heavy atom. The summed E-state index contributed by atoms with van der Waals surface area (Å²) < 4.78 is 27.3. The van der Waals surface area contributed by atoms with Gasteiger partial charge in [0.1, 0.15) is 6.04 Å². The number of nitrogens with zero attached hydrogens (tertiary/aromatic N) is 1. The van der Waals surface area contributed by atoms with E-state index >= 15 is 0 Å². The molecule has 1 N–H and O–H groups in total. The van der Waals surface area contributed by atoms with E-state index in [-0.39, 0.29) is 18.4 Å². The lowest BCUT2D eigenvalue weighted by atomic mass is 9.98. The van der Waals surface area contributed by atoms with Gasteiger partial charge in [0, 0.05) is 17.6 Å². The van der Waals surface area contributed by atoms with Crippen molar-refractivity contribution in [1.82, 2.24) is 10.2 Å². The van der Waals surface area contributed by atoms with Gasteiger partial charge < -0.3 is 10.2 Å². The molecule has 0 unspecified atom stereocenters. The van der Waals surface area contributed by atoms with Gasteiger partial charge in [-0.25, -0.2) is 8.78 Å². The highest BCUT2D eigenvalue weighted by Crippen LogP contribution is 2.37. The predicted octanol–water partition coefficient (Wildman–Crippen LogP) is 5.24. The first-order valence-corrected chi connectivity index (χ1v) is 10.4. The van der Waals surface area contributed by atoms with Crippen molar-refractivity contribution in [2.24, 2.45) is 0 Å². The molecule has 3 aromatic carbocycles. The second-order valence-electron chi connectivity index (χ2n) is 8.95. The third kappa shape index (κ3) is 4.13. The molecule has 32 heavy (non-hydrogen) atoms. The van der Waals surface area contributed by atoms with Crippen molar-refractivity contribution in [3.63, 3.8) is 0 Å². The minimum absolute atomic E-state index is 0.144. The molecule has 1 heterocycles. The number of hydrogen-bond donors (Lipinski definition) is 1. The zero-order valence-corrected chi connectivity index (χ0v) is 18.2. The third-order valence-electron chi connectivity index (χ3n) is 5.39. The lowest BCUT2D eigenvalue weighted by Crippen LogP contribution is -2.46. The number of rotatable bonds is 4. The summed E-state index contributed by atoms with van der Waals surface area (Å²) in [6.45, 7) is 5.80. The molecule has 0 spiro atoms. The first-order chi connectivity index (χ1) is 15.2. The Labute approximate surface area is 185 Å². The molecule has 0 saturated heterocycles. The van der Waals surface area contributed by atoms with E-state index in [1.54, 1.807) is 30.3 Å². The van der Waals surface area contributed by atoms with Gasteiger partial charge in [-0.2, -0.15) is 0 Å². The van der Waals surface area contributed by atoms with Crippen LogP contribution >= 0.6 is 0 Å². The summed E-state index contributed by atoms with van der Waals surface area (Å²) in [6, 6.07) is 17.3. The Kier molecular flexibility index (Phi) is 5.55. The van der Waals surface area contributed by atoms with Crippen LogP contribution < -0.4 is 5.32 Å². The van der Waals surface area contributed by atoms with Crippen molar-refractivity contribution in [2.45, 2.75) is 38.9 Å². The Hall–Kier alpha value is -3.54. The fourth-order valence-electron chi connectivity index (χ4n) is 4.04. The SMILES string of the molecule is CC(C)(C)NC(=O)[C@H]1c2ccccc2C(=O)N1Cc1ccccc1-c1ccc(F)c(F)c1. The number of fused-ring (bicyclic) bond motifs is 1. The second-order valence-corrected chi connectivity index (χ2v) is 8.95. The number of benzene rings is 3. The second kappa shape index (κ2) is 8.19. The maximum Gasteiger partial charge on any atom is 0.255 e. The molecule has 3 aromatic rings. The quantitative estimate of drug-likeness (QED) is 0.610. The monoisotopic (exact) mass is 434 g/mol. The van der Waals surface area contributed by atoms with E-state index < -0.39 is 23.2 Å². The standard InChI is InChI=1S/C26H24F2N2O2/c1-26(2,3)29-24(31)23-19-10-6-7-11-20(19)25(32)30(23)15-17-8-4-5-9-18(17)16-12-13-21(27)22(28)14-16/h4-14,23H,15H2,1-3H3,(H,29,31)/t23-/m1/s1. The maximum atomic E-state index is 13.9. The molecule has 2 amide bonds. The number of carbonyl (C=O) groups excluding carboxylic acids is 2. The van der Waals surface area contributed by atoms with Gasteiger partial charge in [0.15, 0.2) is 11.6 Å². The molecule has 0 saturated carbocycles. The van der Waals surface area contributed by atoms with Crippen LogP contribution in [0.15, 0.2) is 66.7 Å². The summed E-state index contributed by atoms with van der Waals surface area (Å²) in [5, 5.41) is 2.97. The zero-order chi connectivity index (χ0) is 23.0. The molecule has 164 valence electrons. The molecule has 0 radical (unpaired) electrons. The van der Waals surface area contributed by atoms with Gasteiger partial charge in [-0.05, 0) is 61.2 Å². The molecular formula is C26H24F2N2O2. The van der Waals surface area contributed by atoms with Crippen molar-refractivity contribution in [1.29, 1.82) is 0 Å². The number of nitrogens with one attached hydrogen (secondary N) is 1. The van der Waals surface area contributed by atoms with E-state index in [9.17, 15) is 18.4 Å². The number of hydrogen-bond acceptors (Lipinski definition) is 2. The molecule has 1 aliphatic heterocycles. The summed E-state index contributed by atoms with van der Waals surface area (Å²) in [6.07, 6.45) is 0. The fraction of sp³-hybridized carbons (Fsp3) is 0.231. The van der Waals surface area contributed by atoms with Gasteiger partial charge in [0.2, 0.25) is 5.91 Å². The maximum absolute atomic E-state index is 13.9. The normalized spacial score (nSPS) is 15.6. The van der Waals surface area contributed by atoms with Gasteiger partial charge in [-0.3, -0.25) is 9.59 Å². The van der Waals surface area contributed by atoms with Crippen LogP contribution in [0.3, 0.4) is 0 Å². The molecule has 4 rings (SSSR count). The molecule has 6 heteroatoms. The number of halogens is 2. The van der Waals surface area contributed by atoms with Crippen LogP contribution in [0.25, 0.3) is 11.1 Å². The van der Waals surface area contributed by atoms with Gasteiger partial charge in [-0.15, -0.1) is 0 Å². The molecule has 0 fully saturated rings. The average Bonchev–Trinajstić information content (AvgIpc) is 3.01. The van der Waals surface area contributed by atoms with E-state index in [1.165, 1.54) is 11.0 Å². The Bertz CT molecular complexity index is 1200. The summed E-state index contributed by atoms with van der Waals surface area (Å²) in [5.41, 5.74) is 2.58. The van der Waals surface area contributed by atoms with Crippen LogP contribution in [-0.4, -0.2) is 22.3 Å². The van der Waals surface area contributed by atoms with Crippen molar-refractivity contribution in [2.75, 3.05) is 0 Å². The Balaban J connectivity index is 1.74. The van der Waals surface area contributed by atoms with Crippen LogP contribution in [0, 0.1) is 11.6 Å². The first-order valence-electron chi connectivity index (χ1n) is 10.4. The van der Waals surface area contributed by atoms with Crippen LogP contribution in [0.5, 0.6) is 0 Å². The first kappa shape index (κ1) is 21.7. The van der Waals surface area contributed by atoms with E-state index in [2.05, 4.69) is 5.32 Å². The van der Waals surface area contributed by atoms with Gasteiger partial charge in [0.25, 0.3) is 5.91 Å². The number of carbonyl (C=O) groups is 2. The summed E-state index contributed by atoms with van der Waals surface area (Å²) in [5.74, 6) is -2.37. The van der Waals surface area contributed by atoms with Gasteiger partial charge in [0.05, 0.1) is 0 Å². The highest BCUT2D eigenvalue weighted by atomic mass is 19.2. The lowest BCUT2D eigenvalue weighted by Gasteiger charge is -2.29. The minimum atomic E-state index is -0.940. The largest absolute Gasteiger partial charge is 0.349 e. The van der Waals surface area contributed by atoms with Crippen LogP contribution in [0.2, 0.25) is 0 Å². The summed E-state index contributed by atoms with van der Waals surface area (Å²) in [7, 11) is 0. The average molecular weight is 434 g/mol. The predicted molar refractivity (Wildman–Crippen MR) is 119 cm³/mol. The van der Waals surface area contributed by atoms with Crippen molar-refractivity contribution in [3.05, 3.63) is 95.1 Å². The molecule has 1 aliphatic rings. The van der Waals surface area contributed by atoms with Crippen LogP contribution in [0.1, 0.15) is 48.3 Å². The fourth-order valence-corrected chi connectivity index (χ4v) is 4.04. The Morgan fingerprint density at radius 1 is 0.938 bits per heavy atom. The lowest BCUT2D eigenvalue weighted by molar-refractivity contribution is -0.127. The number of amides is 2. The highest BCUT2D eigenvalue weighted by Gasteiger charge is 2.41. The van der Waals surface area contributed by atoms with E-state index in [0.29, 0.717) is 22.3 Å².